The second-order valence-corrected chi connectivity index (χ2v) is 5.00. The Morgan fingerprint density at radius 3 is 2.58 bits per heavy atom. The molecule has 0 spiro atoms. The molecule has 1 heterocycles. The highest BCUT2D eigenvalue weighted by Gasteiger charge is 2.15. The summed E-state index contributed by atoms with van der Waals surface area (Å²) in [6.07, 6.45) is 0. The van der Waals surface area contributed by atoms with E-state index in [2.05, 4.69) is 10.1 Å². The summed E-state index contributed by atoms with van der Waals surface area (Å²) in [6.45, 7) is 1.39. The number of nitrogens with zero attached hydrogens (tertiary/aromatic N) is 2. The maximum absolute atomic E-state index is 13.8. The van der Waals surface area contributed by atoms with Crippen molar-refractivity contribution in [3.05, 3.63) is 71.4 Å². The smallest absolute Gasteiger partial charge is 0.264 e. The van der Waals surface area contributed by atoms with Gasteiger partial charge in [-0.05, 0) is 30.7 Å². The third kappa shape index (κ3) is 3.68. The minimum atomic E-state index is -0.787. The SMILES string of the molecule is Cc1ccc(F)c(OCc2nc(COc3ccccc3)no2)c1F. The van der Waals surface area contributed by atoms with Gasteiger partial charge >= 0.3 is 0 Å². The van der Waals surface area contributed by atoms with Crippen molar-refractivity contribution in [1.29, 1.82) is 0 Å². The van der Waals surface area contributed by atoms with Gasteiger partial charge in [0.05, 0.1) is 0 Å². The number of para-hydroxylation sites is 1. The van der Waals surface area contributed by atoms with Gasteiger partial charge < -0.3 is 14.0 Å². The van der Waals surface area contributed by atoms with Gasteiger partial charge in [-0.1, -0.05) is 29.4 Å². The van der Waals surface area contributed by atoms with Crippen LogP contribution < -0.4 is 9.47 Å². The summed E-state index contributed by atoms with van der Waals surface area (Å²) in [5.74, 6) is -0.920. The largest absolute Gasteiger partial charge is 0.485 e. The van der Waals surface area contributed by atoms with Gasteiger partial charge in [0, 0.05) is 0 Å². The fraction of sp³-hybridized carbons (Fsp3) is 0.176. The zero-order chi connectivity index (χ0) is 16.9. The summed E-state index contributed by atoms with van der Waals surface area (Å²) in [5, 5.41) is 3.73. The van der Waals surface area contributed by atoms with Gasteiger partial charge in [-0.25, -0.2) is 8.78 Å². The lowest BCUT2D eigenvalue weighted by Gasteiger charge is -2.07. The van der Waals surface area contributed by atoms with Crippen molar-refractivity contribution in [3.8, 4) is 11.5 Å². The average Bonchev–Trinajstić information content (AvgIpc) is 3.05. The van der Waals surface area contributed by atoms with Crippen LogP contribution in [0.1, 0.15) is 17.3 Å². The minimum Gasteiger partial charge on any atom is -0.485 e. The summed E-state index contributed by atoms with van der Waals surface area (Å²) in [7, 11) is 0. The first-order valence-electron chi connectivity index (χ1n) is 7.20. The number of hydrogen-bond donors (Lipinski definition) is 0. The lowest BCUT2D eigenvalue weighted by molar-refractivity contribution is 0.223. The van der Waals surface area contributed by atoms with E-state index in [0.717, 1.165) is 6.07 Å². The molecule has 0 fully saturated rings. The van der Waals surface area contributed by atoms with Crippen LogP contribution in [0.4, 0.5) is 8.78 Å². The van der Waals surface area contributed by atoms with E-state index in [4.69, 9.17) is 14.0 Å². The van der Waals surface area contributed by atoms with Crippen LogP contribution in [0.25, 0.3) is 0 Å². The number of aryl methyl sites for hydroxylation is 1. The topological polar surface area (TPSA) is 57.4 Å². The summed E-state index contributed by atoms with van der Waals surface area (Å²) < 4.78 is 43.0. The van der Waals surface area contributed by atoms with Crippen LogP contribution in [-0.4, -0.2) is 10.1 Å². The van der Waals surface area contributed by atoms with Crippen molar-refractivity contribution in [2.45, 2.75) is 20.1 Å². The van der Waals surface area contributed by atoms with Crippen molar-refractivity contribution in [3.63, 3.8) is 0 Å². The maximum atomic E-state index is 13.8. The standard InChI is InChI=1S/C17H14F2N2O3/c1-11-7-8-13(18)17(16(11)19)23-10-15-20-14(21-24-15)9-22-12-5-3-2-4-6-12/h2-8H,9-10H2,1H3. The van der Waals surface area contributed by atoms with E-state index >= 15 is 0 Å². The Morgan fingerprint density at radius 1 is 1.00 bits per heavy atom. The third-order valence-electron chi connectivity index (χ3n) is 3.20. The zero-order valence-corrected chi connectivity index (χ0v) is 12.8. The number of hydrogen-bond acceptors (Lipinski definition) is 5. The molecule has 24 heavy (non-hydrogen) atoms. The van der Waals surface area contributed by atoms with Crippen LogP contribution in [0.5, 0.6) is 11.5 Å². The minimum absolute atomic E-state index is 0.0990. The Hall–Kier alpha value is -2.96. The highest BCUT2D eigenvalue weighted by atomic mass is 19.1. The van der Waals surface area contributed by atoms with E-state index in [1.54, 1.807) is 12.1 Å². The summed E-state index contributed by atoms with van der Waals surface area (Å²) in [5.41, 5.74) is 0.286. The van der Waals surface area contributed by atoms with Crippen molar-refractivity contribution < 1.29 is 22.8 Å². The first-order chi connectivity index (χ1) is 11.6. The maximum Gasteiger partial charge on any atom is 0.264 e. The molecule has 124 valence electrons. The zero-order valence-electron chi connectivity index (χ0n) is 12.8. The molecular formula is C17H14F2N2O3. The molecule has 0 unspecified atom stereocenters. The Labute approximate surface area is 136 Å². The normalized spacial score (nSPS) is 10.6. The monoisotopic (exact) mass is 332 g/mol. The summed E-state index contributed by atoms with van der Waals surface area (Å²) in [6, 6.07) is 11.6. The van der Waals surface area contributed by atoms with E-state index in [1.807, 2.05) is 18.2 Å². The molecule has 0 saturated carbocycles. The molecule has 0 bridgehead atoms. The highest BCUT2D eigenvalue weighted by Crippen LogP contribution is 2.24. The summed E-state index contributed by atoms with van der Waals surface area (Å²) in [4.78, 5) is 4.05. The van der Waals surface area contributed by atoms with Crippen LogP contribution in [0, 0.1) is 18.6 Å². The molecule has 0 aliphatic heterocycles. The van der Waals surface area contributed by atoms with Gasteiger partial charge in [0.15, 0.2) is 30.6 Å². The predicted molar refractivity (Wildman–Crippen MR) is 80.5 cm³/mol. The van der Waals surface area contributed by atoms with Crippen LogP contribution in [-0.2, 0) is 13.2 Å². The molecule has 0 aliphatic carbocycles. The molecule has 7 heteroatoms. The highest BCUT2D eigenvalue weighted by molar-refractivity contribution is 5.31. The molecule has 0 saturated heterocycles. The molecule has 0 N–H and O–H groups in total. The van der Waals surface area contributed by atoms with Gasteiger partial charge in [-0.3, -0.25) is 0 Å². The number of aromatic nitrogens is 2. The number of ether oxygens (including phenoxy) is 2. The fourth-order valence-corrected chi connectivity index (χ4v) is 1.97. The Morgan fingerprint density at radius 2 is 1.79 bits per heavy atom. The molecule has 3 rings (SSSR count). The lowest BCUT2D eigenvalue weighted by atomic mass is 10.2. The van der Waals surface area contributed by atoms with Gasteiger partial charge in [-0.15, -0.1) is 0 Å². The number of halogens is 2. The van der Waals surface area contributed by atoms with Crippen LogP contribution in [0.3, 0.4) is 0 Å². The quantitative estimate of drug-likeness (QED) is 0.687. The molecule has 0 aliphatic rings. The lowest BCUT2D eigenvalue weighted by Crippen LogP contribution is -2.02. The van der Waals surface area contributed by atoms with Gasteiger partial charge in [0.2, 0.25) is 5.82 Å². The van der Waals surface area contributed by atoms with Gasteiger partial charge in [-0.2, -0.15) is 4.98 Å². The van der Waals surface area contributed by atoms with Crippen molar-refractivity contribution in [2.75, 3.05) is 0 Å². The van der Waals surface area contributed by atoms with Crippen molar-refractivity contribution in [1.82, 2.24) is 10.1 Å². The fourth-order valence-electron chi connectivity index (χ4n) is 1.97. The molecule has 3 aromatic rings. The van der Waals surface area contributed by atoms with Gasteiger partial charge in [0.25, 0.3) is 5.89 Å². The molecule has 1 aromatic heterocycles. The first kappa shape index (κ1) is 15.9. The predicted octanol–water partition coefficient (Wildman–Crippen LogP) is 3.81. The van der Waals surface area contributed by atoms with E-state index in [1.165, 1.54) is 13.0 Å². The molecule has 2 aromatic carbocycles. The van der Waals surface area contributed by atoms with Crippen molar-refractivity contribution >= 4 is 0 Å². The number of rotatable bonds is 6. The number of benzene rings is 2. The second-order valence-electron chi connectivity index (χ2n) is 5.00. The van der Waals surface area contributed by atoms with E-state index in [0.29, 0.717) is 11.6 Å². The Bertz CT molecular complexity index is 822. The first-order valence-corrected chi connectivity index (χ1v) is 7.20. The van der Waals surface area contributed by atoms with Crippen LogP contribution >= 0.6 is 0 Å². The molecule has 0 atom stereocenters. The molecular weight excluding hydrogens is 318 g/mol. The molecule has 0 radical (unpaired) electrons. The Balaban J connectivity index is 1.60. The average molecular weight is 332 g/mol. The Kier molecular flexibility index (Phi) is 4.69. The van der Waals surface area contributed by atoms with Crippen LogP contribution in [0.15, 0.2) is 47.0 Å². The summed E-state index contributed by atoms with van der Waals surface area (Å²) >= 11 is 0. The second kappa shape index (κ2) is 7.08. The van der Waals surface area contributed by atoms with E-state index in [-0.39, 0.29) is 24.7 Å². The van der Waals surface area contributed by atoms with Crippen LogP contribution in [0.2, 0.25) is 0 Å². The van der Waals surface area contributed by atoms with E-state index < -0.39 is 17.4 Å². The third-order valence-corrected chi connectivity index (χ3v) is 3.20. The molecule has 0 amide bonds. The van der Waals surface area contributed by atoms with Gasteiger partial charge in [0.1, 0.15) is 5.75 Å². The van der Waals surface area contributed by atoms with Crippen molar-refractivity contribution in [2.24, 2.45) is 0 Å². The van der Waals surface area contributed by atoms with E-state index in [9.17, 15) is 8.78 Å². The molecule has 5 nitrogen and oxygen atoms in total.